The van der Waals surface area contributed by atoms with Crippen molar-refractivity contribution in [3.05, 3.63) is 53.6 Å². The zero-order valence-corrected chi connectivity index (χ0v) is 20.2. The molecular weight excluding hydrogens is 426 g/mol. The van der Waals surface area contributed by atoms with Crippen LogP contribution in [0.3, 0.4) is 0 Å². The molecule has 1 aliphatic heterocycles. The number of carbonyl (C=O) groups excluding carboxylic acids is 1. The Bertz CT molecular complexity index is 1030. The van der Waals surface area contributed by atoms with Crippen LogP contribution in [0.5, 0.6) is 5.75 Å². The highest BCUT2D eigenvalue weighted by atomic mass is 32.2. The molecule has 1 heterocycles. The van der Waals surface area contributed by atoms with Gasteiger partial charge in [-0.05, 0) is 55.3 Å². The Labute approximate surface area is 191 Å². The van der Waals surface area contributed by atoms with Crippen molar-refractivity contribution in [3.8, 4) is 5.75 Å². The first-order valence-corrected chi connectivity index (χ1v) is 12.5. The first kappa shape index (κ1) is 24.1. The third-order valence-electron chi connectivity index (χ3n) is 6.08. The van der Waals surface area contributed by atoms with E-state index in [9.17, 15) is 13.2 Å². The molecule has 0 unspecified atom stereocenters. The molecule has 0 N–H and O–H groups in total. The number of nitrogens with zero attached hydrogens (tertiary/aromatic N) is 3. The molecule has 32 heavy (non-hydrogen) atoms. The molecule has 0 aromatic heterocycles. The summed E-state index contributed by atoms with van der Waals surface area (Å²) in [6, 6.07) is 12.6. The lowest BCUT2D eigenvalue weighted by molar-refractivity contribution is -0.133. The molecule has 1 fully saturated rings. The topological polar surface area (TPSA) is 70.2 Å². The summed E-state index contributed by atoms with van der Waals surface area (Å²) in [7, 11) is -3.50. The predicted molar refractivity (Wildman–Crippen MR) is 127 cm³/mol. The maximum Gasteiger partial charge on any atom is 0.260 e. The Morgan fingerprint density at radius 1 is 0.969 bits per heavy atom. The second-order valence-corrected chi connectivity index (χ2v) is 9.87. The van der Waals surface area contributed by atoms with E-state index in [-0.39, 0.29) is 17.4 Å². The quantitative estimate of drug-likeness (QED) is 0.607. The van der Waals surface area contributed by atoms with Crippen molar-refractivity contribution in [2.24, 2.45) is 0 Å². The van der Waals surface area contributed by atoms with E-state index in [4.69, 9.17) is 4.74 Å². The van der Waals surface area contributed by atoms with Gasteiger partial charge in [-0.15, -0.1) is 0 Å². The number of amides is 1. The Balaban J connectivity index is 1.53. The van der Waals surface area contributed by atoms with Crippen LogP contribution in [0.2, 0.25) is 0 Å². The standard InChI is InChI=1S/C24H33N3O4S/c1-5-27(6-2)32(29,30)22-12-10-21(11-13-22)31-18-24(28)26-16-14-25(15-17-26)23-9-7-8-19(3)20(23)4/h7-13H,5-6,14-18H2,1-4H3. The van der Waals surface area contributed by atoms with Crippen LogP contribution in [0, 0.1) is 13.8 Å². The monoisotopic (exact) mass is 459 g/mol. The van der Waals surface area contributed by atoms with E-state index < -0.39 is 10.0 Å². The fraction of sp³-hybridized carbons (Fsp3) is 0.458. The number of piperazine rings is 1. The second-order valence-electron chi connectivity index (χ2n) is 7.94. The minimum Gasteiger partial charge on any atom is -0.484 e. The maximum atomic E-state index is 12.6. The summed E-state index contributed by atoms with van der Waals surface area (Å²) in [5, 5.41) is 0. The highest BCUT2D eigenvalue weighted by molar-refractivity contribution is 7.89. The van der Waals surface area contributed by atoms with Gasteiger partial charge in [0.1, 0.15) is 5.75 Å². The van der Waals surface area contributed by atoms with Gasteiger partial charge in [0, 0.05) is 45.0 Å². The SMILES string of the molecule is CCN(CC)S(=O)(=O)c1ccc(OCC(=O)N2CCN(c3cccc(C)c3C)CC2)cc1. The van der Waals surface area contributed by atoms with Gasteiger partial charge in [-0.25, -0.2) is 8.42 Å². The van der Waals surface area contributed by atoms with Gasteiger partial charge in [0.05, 0.1) is 4.90 Å². The number of ether oxygens (including phenoxy) is 1. The molecule has 0 radical (unpaired) electrons. The summed E-state index contributed by atoms with van der Waals surface area (Å²) < 4.78 is 32.2. The number of hydrogen-bond acceptors (Lipinski definition) is 5. The Morgan fingerprint density at radius 3 is 2.19 bits per heavy atom. The number of anilines is 1. The summed E-state index contributed by atoms with van der Waals surface area (Å²) >= 11 is 0. The molecule has 0 saturated carbocycles. The molecule has 1 amide bonds. The smallest absolute Gasteiger partial charge is 0.260 e. The van der Waals surface area contributed by atoms with Crippen LogP contribution in [-0.4, -0.2) is 69.4 Å². The summed E-state index contributed by atoms with van der Waals surface area (Å²) in [5.74, 6) is 0.413. The van der Waals surface area contributed by atoms with Crippen molar-refractivity contribution in [2.45, 2.75) is 32.6 Å². The van der Waals surface area contributed by atoms with E-state index in [2.05, 4.69) is 36.9 Å². The van der Waals surface area contributed by atoms with Crippen LogP contribution < -0.4 is 9.64 Å². The molecule has 1 aliphatic rings. The fourth-order valence-corrected chi connectivity index (χ4v) is 5.39. The fourth-order valence-electron chi connectivity index (χ4n) is 3.93. The normalized spacial score (nSPS) is 14.7. The largest absolute Gasteiger partial charge is 0.484 e. The van der Waals surface area contributed by atoms with Crippen molar-refractivity contribution in [1.29, 1.82) is 0 Å². The van der Waals surface area contributed by atoms with Gasteiger partial charge in [-0.2, -0.15) is 4.31 Å². The van der Waals surface area contributed by atoms with Gasteiger partial charge in [-0.1, -0.05) is 26.0 Å². The molecule has 8 heteroatoms. The van der Waals surface area contributed by atoms with Gasteiger partial charge >= 0.3 is 0 Å². The predicted octanol–water partition coefficient (Wildman–Crippen LogP) is 3.06. The molecule has 7 nitrogen and oxygen atoms in total. The van der Waals surface area contributed by atoms with E-state index in [0.717, 1.165) is 13.1 Å². The zero-order valence-electron chi connectivity index (χ0n) is 19.4. The highest BCUT2D eigenvalue weighted by Gasteiger charge is 2.23. The number of aryl methyl sites for hydroxylation is 1. The summed E-state index contributed by atoms with van der Waals surface area (Å²) in [4.78, 5) is 17.0. The Kier molecular flexibility index (Phi) is 7.79. The Hall–Kier alpha value is -2.58. The van der Waals surface area contributed by atoms with Crippen molar-refractivity contribution in [1.82, 2.24) is 9.21 Å². The van der Waals surface area contributed by atoms with Crippen LogP contribution in [0.1, 0.15) is 25.0 Å². The lowest BCUT2D eigenvalue weighted by Crippen LogP contribution is -2.50. The second kappa shape index (κ2) is 10.4. The lowest BCUT2D eigenvalue weighted by Gasteiger charge is -2.37. The van der Waals surface area contributed by atoms with Gasteiger partial charge in [0.2, 0.25) is 10.0 Å². The highest BCUT2D eigenvalue weighted by Crippen LogP contribution is 2.24. The zero-order chi connectivity index (χ0) is 23.3. The van der Waals surface area contributed by atoms with Crippen molar-refractivity contribution in [3.63, 3.8) is 0 Å². The summed E-state index contributed by atoms with van der Waals surface area (Å²) in [6.45, 7) is 11.5. The number of sulfonamides is 1. The van der Waals surface area contributed by atoms with Crippen LogP contribution in [0.15, 0.2) is 47.4 Å². The van der Waals surface area contributed by atoms with Crippen molar-refractivity contribution >= 4 is 21.6 Å². The molecule has 3 rings (SSSR count). The first-order valence-electron chi connectivity index (χ1n) is 11.1. The molecule has 0 bridgehead atoms. The number of carbonyl (C=O) groups is 1. The van der Waals surface area contributed by atoms with E-state index >= 15 is 0 Å². The van der Waals surface area contributed by atoms with E-state index in [1.807, 2.05) is 18.7 Å². The van der Waals surface area contributed by atoms with E-state index in [1.165, 1.54) is 33.3 Å². The third kappa shape index (κ3) is 5.24. The summed E-state index contributed by atoms with van der Waals surface area (Å²) in [5.41, 5.74) is 3.78. The number of hydrogen-bond donors (Lipinski definition) is 0. The van der Waals surface area contributed by atoms with Crippen LogP contribution in [-0.2, 0) is 14.8 Å². The van der Waals surface area contributed by atoms with Crippen molar-refractivity contribution in [2.75, 3.05) is 50.8 Å². The van der Waals surface area contributed by atoms with Crippen LogP contribution in [0.25, 0.3) is 0 Å². The van der Waals surface area contributed by atoms with Gasteiger partial charge in [0.15, 0.2) is 6.61 Å². The minimum atomic E-state index is -3.50. The van der Waals surface area contributed by atoms with Crippen LogP contribution in [0.4, 0.5) is 5.69 Å². The molecule has 174 valence electrons. The molecule has 0 aliphatic carbocycles. The molecule has 0 atom stereocenters. The van der Waals surface area contributed by atoms with Gasteiger partial charge in [0.25, 0.3) is 5.91 Å². The minimum absolute atomic E-state index is 0.0639. The Morgan fingerprint density at radius 2 is 1.59 bits per heavy atom. The summed E-state index contributed by atoms with van der Waals surface area (Å²) in [6.07, 6.45) is 0. The third-order valence-corrected chi connectivity index (χ3v) is 8.14. The number of rotatable bonds is 8. The van der Waals surface area contributed by atoms with Crippen LogP contribution >= 0.6 is 0 Å². The molecule has 2 aromatic carbocycles. The van der Waals surface area contributed by atoms with Gasteiger partial charge in [-0.3, -0.25) is 4.79 Å². The van der Waals surface area contributed by atoms with E-state index in [1.54, 1.807) is 12.1 Å². The van der Waals surface area contributed by atoms with Crippen molar-refractivity contribution < 1.29 is 17.9 Å². The van der Waals surface area contributed by atoms with Gasteiger partial charge < -0.3 is 14.5 Å². The molecular formula is C24H33N3O4S. The average Bonchev–Trinajstić information content (AvgIpc) is 2.80. The van der Waals surface area contributed by atoms with E-state index in [0.29, 0.717) is 31.9 Å². The molecule has 2 aromatic rings. The lowest BCUT2D eigenvalue weighted by atomic mass is 10.1. The first-order chi connectivity index (χ1) is 15.3. The average molecular weight is 460 g/mol. The maximum absolute atomic E-state index is 12.6. The molecule has 0 spiro atoms. The molecule has 1 saturated heterocycles. The number of benzene rings is 2.